The molecule has 0 aliphatic heterocycles. The van der Waals surface area contributed by atoms with Crippen LogP contribution in [0.2, 0.25) is 0 Å². The van der Waals surface area contributed by atoms with Crippen LogP contribution in [0.25, 0.3) is 0 Å². The van der Waals surface area contributed by atoms with Crippen LogP contribution in [0.3, 0.4) is 0 Å². The Morgan fingerprint density at radius 1 is 1.00 bits per heavy atom. The number of nitrogens with two attached hydrogens (primary N) is 1. The lowest BCUT2D eigenvalue weighted by Crippen LogP contribution is -2.20. The lowest BCUT2D eigenvalue weighted by Gasteiger charge is -2.22. The Bertz CT molecular complexity index is 444. The molecule has 3 heteroatoms. The predicted octanol–water partition coefficient (Wildman–Crippen LogP) is 1.86. The van der Waals surface area contributed by atoms with Gasteiger partial charge in [0.15, 0.2) is 0 Å². The third-order valence-corrected chi connectivity index (χ3v) is 2.91. The largest absolute Gasteiger partial charge is 0.388 e. The quantitative estimate of drug-likeness (QED) is 0.839. The second kappa shape index (κ2) is 5.57. The van der Waals surface area contributed by atoms with Crippen LogP contribution in [0, 0.1) is 0 Å². The molecule has 88 valence electrons. The summed E-state index contributed by atoms with van der Waals surface area (Å²) >= 11 is 0. The van der Waals surface area contributed by atoms with Gasteiger partial charge in [0, 0.05) is 24.9 Å². The fourth-order valence-corrected chi connectivity index (χ4v) is 1.94. The summed E-state index contributed by atoms with van der Waals surface area (Å²) < 4.78 is 0. The molecule has 0 amide bonds. The highest BCUT2D eigenvalue weighted by Gasteiger charge is 2.20. The third kappa shape index (κ3) is 2.70. The molecule has 0 fully saturated rings. The van der Waals surface area contributed by atoms with Crippen LogP contribution >= 0.6 is 0 Å². The van der Waals surface area contributed by atoms with Gasteiger partial charge < -0.3 is 10.8 Å². The van der Waals surface area contributed by atoms with E-state index in [-0.39, 0.29) is 5.92 Å². The van der Waals surface area contributed by atoms with Crippen LogP contribution in [0.4, 0.5) is 0 Å². The Kier molecular flexibility index (Phi) is 3.85. The monoisotopic (exact) mass is 228 g/mol. The maximum absolute atomic E-state index is 10.3. The van der Waals surface area contributed by atoms with Crippen LogP contribution in [0.1, 0.15) is 23.1 Å². The van der Waals surface area contributed by atoms with E-state index >= 15 is 0 Å². The van der Waals surface area contributed by atoms with Gasteiger partial charge in [0.05, 0.1) is 6.10 Å². The second-order valence-corrected chi connectivity index (χ2v) is 3.98. The molecule has 0 aliphatic rings. The van der Waals surface area contributed by atoms with Crippen LogP contribution in [0.5, 0.6) is 0 Å². The van der Waals surface area contributed by atoms with E-state index in [0.717, 1.165) is 11.1 Å². The van der Waals surface area contributed by atoms with Crippen LogP contribution < -0.4 is 5.73 Å². The Morgan fingerprint density at radius 3 is 2.24 bits per heavy atom. The number of benzene rings is 1. The topological polar surface area (TPSA) is 59.1 Å². The number of pyridine rings is 1. The van der Waals surface area contributed by atoms with Crippen molar-refractivity contribution in [3.05, 3.63) is 66.0 Å². The van der Waals surface area contributed by atoms with Gasteiger partial charge in [-0.05, 0) is 23.3 Å². The molecule has 2 aromatic rings. The molecular weight excluding hydrogens is 212 g/mol. The maximum atomic E-state index is 10.3. The molecule has 17 heavy (non-hydrogen) atoms. The van der Waals surface area contributed by atoms with Gasteiger partial charge in [0.2, 0.25) is 0 Å². The number of aromatic nitrogens is 1. The van der Waals surface area contributed by atoms with Gasteiger partial charge in [-0.1, -0.05) is 30.3 Å². The van der Waals surface area contributed by atoms with Crippen molar-refractivity contribution >= 4 is 0 Å². The van der Waals surface area contributed by atoms with E-state index in [4.69, 9.17) is 5.73 Å². The van der Waals surface area contributed by atoms with E-state index < -0.39 is 6.10 Å². The Hall–Kier alpha value is -1.71. The zero-order chi connectivity index (χ0) is 12.1. The van der Waals surface area contributed by atoms with Crippen molar-refractivity contribution in [1.29, 1.82) is 0 Å². The predicted molar refractivity (Wildman–Crippen MR) is 67.4 cm³/mol. The minimum atomic E-state index is -0.580. The molecule has 0 aliphatic carbocycles. The molecule has 0 radical (unpaired) electrons. The number of rotatable bonds is 4. The number of nitrogens with zero attached hydrogens (tertiary/aromatic N) is 1. The van der Waals surface area contributed by atoms with Gasteiger partial charge in [-0.3, -0.25) is 4.98 Å². The summed E-state index contributed by atoms with van der Waals surface area (Å²) in [6, 6.07) is 13.4. The van der Waals surface area contributed by atoms with Crippen molar-refractivity contribution in [2.45, 2.75) is 12.0 Å². The fraction of sp³-hybridized carbons (Fsp3) is 0.214. The summed E-state index contributed by atoms with van der Waals surface area (Å²) in [6.07, 6.45) is 2.86. The zero-order valence-electron chi connectivity index (χ0n) is 9.53. The van der Waals surface area contributed by atoms with E-state index in [2.05, 4.69) is 4.98 Å². The van der Waals surface area contributed by atoms with E-state index in [1.54, 1.807) is 12.4 Å². The maximum Gasteiger partial charge on any atom is 0.0870 e. The van der Waals surface area contributed by atoms with E-state index in [0.29, 0.717) is 6.54 Å². The first-order chi connectivity index (χ1) is 8.33. The minimum Gasteiger partial charge on any atom is -0.388 e. The van der Waals surface area contributed by atoms with Crippen molar-refractivity contribution in [1.82, 2.24) is 4.98 Å². The second-order valence-electron chi connectivity index (χ2n) is 3.98. The van der Waals surface area contributed by atoms with Gasteiger partial charge in [-0.25, -0.2) is 0 Å². The van der Waals surface area contributed by atoms with Crippen molar-refractivity contribution in [3.63, 3.8) is 0 Å². The van der Waals surface area contributed by atoms with Crippen molar-refractivity contribution in [3.8, 4) is 0 Å². The summed E-state index contributed by atoms with van der Waals surface area (Å²) in [7, 11) is 0. The molecule has 3 N–H and O–H groups in total. The molecule has 0 saturated heterocycles. The van der Waals surface area contributed by atoms with Gasteiger partial charge in [-0.15, -0.1) is 0 Å². The lowest BCUT2D eigenvalue weighted by molar-refractivity contribution is 0.147. The summed E-state index contributed by atoms with van der Waals surface area (Å²) in [6.45, 7) is 0.403. The van der Waals surface area contributed by atoms with Crippen LogP contribution in [-0.4, -0.2) is 16.6 Å². The normalized spacial score (nSPS) is 14.2. The molecule has 0 bridgehead atoms. The molecule has 0 spiro atoms. The number of aliphatic hydroxyl groups excluding tert-OH is 1. The molecule has 2 unspecified atom stereocenters. The molecule has 1 aromatic carbocycles. The van der Waals surface area contributed by atoms with Crippen LogP contribution in [0.15, 0.2) is 54.9 Å². The standard InChI is InChI=1S/C14H16N2O/c15-10-13(11-6-8-16-9-7-11)14(17)12-4-2-1-3-5-12/h1-9,13-14,17H,10,15H2. The molecule has 3 nitrogen and oxygen atoms in total. The Morgan fingerprint density at radius 2 is 1.65 bits per heavy atom. The van der Waals surface area contributed by atoms with E-state index in [1.165, 1.54) is 0 Å². The van der Waals surface area contributed by atoms with Gasteiger partial charge in [-0.2, -0.15) is 0 Å². The van der Waals surface area contributed by atoms with Crippen molar-refractivity contribution in [2.24, 2.45) is 5.73 Å². The molecule has 2 rings (SSSR count). The minimum absolute atomic E-state index is 0.0969. The Labute approximate surface area is 101 Å². The molecular formula is C14H16N2O. The molecule has 1 heterocycles. The van der Waals surface area contributed by atoms with Gasteiger partial charge in [0.25, 0.3) is 0 Å². The van der Waals surface area contributed by atoms with E-state index in [1.807, 2.05) is 42.5 Å². The number of aliphatic hydroxyl groups is 1. The lowest BCUT2D eigenvalue weighted by atomic mass is 9.90. The third-order valence-electron chi connectivity index (χ3n) is 2.91. The smallest absolute Gasteiger partial charge is 0.0870 e. The zero-order valence-corrected chi connectivity index (χ0v) is 9.53. The van der Waals surface area contributed by atoms with E-state index in [9.17, 15) is 5.11 Å². The first kappa shape index (κ1) is 11.8. The number of hydrogen-bond donors (Lipinski definition) is 2. The first-order valence-corrected chi connectivity index (χ1v) is 5.66. The van der Waals surface area contributed by atoms with Crippen LogP contribution in [-0.2, 0) is 0 Å². The Balaban J connectivity index is 2.25. The average molecular weight is 228 g/mol. The summed E-state index contributed by atoms with van der Waals surface area (Å²) in [5.74, 6) is -0.0969. The van der Waals surface area contributed by atoms with Gasteiger partial charge >= 0.3 is 0 Å². The highest BCUT2D eigenvalue weighted by atomic mass is 16.3. The average Bonchev–Trinajstić information content (AvgIpc) is 2.42. The summed E-state index contributed by atoms with van der Waals surface area (Å²) in [5.41, 5.74) is 7.66. The molecule has 2 atom stereocenters. The fourth-order valence-electron chi connectivity index (χ4n) is 1.94. The SMILES string of the molecule is NCC(c1ccncc1)C(O)c1ccccc1. The first-order valence-electron chi connectivity index (χ1n) is 5.66. The highest BCUT2D eigenvalue weighted by molar-refractivity contribution is 5.25. The summed E-state index contributed by atoms with van der Waals surface area (Å²) in [5, 5.41) is 10.3. The van der Waals surface area contributed by atoms with Crippen molar-refractivity contribution in [2.75, 3.05) is 6.54 Å². The number of hydrogen-bond acceptors (Lipinski definition) is 3. The molecule has 1 aromatic heterocycles. The highest BCUT2D eigenvalue weighted by Crippen LogP contribution is 2.29. The van der Waals surface area contributed by atoms with Crippen molar-refractivity contribution < 1.29 is 5.11 Å². The molecule has 0 saturated carbocycles. The summed E-state index contributed by atoms with van der Waals surface area (Å²) in [4.78, 5) is 3.97. The van der Waals surface area contributed by atoms with Gasteiger partial charge in [0.1, 0.15) is 0 Å².